The predicted octanol–water partition coefficient (Wildman–Crippen LogP) is 1.45. The summed E-state index contributed by atoms with van der Waals surface area (Å²) in [6.07, 6.45) is 1.71. The highest BCUT2D eigenvalue weighted by atomic mass is 35.5. The Labute approximate surface area is 142 Å². The number of hydrogen-bond donors (Lipinski definition) is 2. The first-order chi connectivity index (χ1) is 11.0. The number of unbranched alkanes of at least 4 members (excludes halogenated alkanes) is 1. The SMILES string of the molecule is CCCCn1c(N)c(N(CC)Cc2nnsc2Cl)c(=O)[nH]c1=O. The Morgan fingerprint density at radius 3 is 2.70 bits per heavy atom. The molecule has 0 saturated heterocycles. The molecule has 0 amide bonds. The number of nitrogens with two attached hydrogens (primary N) is 1. The van der Waals surface area contributed by atoms with Crippen LogP contribution in [-0.4, -0.2) is 25.7 Å². The molecule has 2 aromatic heterocycles. The summed E-state index contributed by atoms with van der Waals surface area (Å²) in [6, 6.07) is 0. The summed E-state index contributed by atoms with van der Waals surface area (Å²) in [5.41, 5.74) is 5.93. The summed E-state index contributed by atoms with van der Waals surface area (Å²) in [4.78, 5) is 28.3. The molecule has 0 aliphatic rings. The Morgan fingerprint density at radius 2 is 2.13 bits per heavy atom. The van der Waals surface area contributed by atoms with Gasteiger partial charge in [0.25, 0.3) is 5.56 Å². The minimum Gasteiger partial charge on any atom is -0.383 e. The van der Waals surface area contributed by atoms with Gasteiger partial charge in [0, 0.05) is 24.6 Å². The summed E-state index contributed by atoms with van der Waals surface area (Å²) < 4.78 is 5.64. The molecule has 2 rings (SSSR count). The van der Waals surface area contributed by atoms with E-state index < -0.39 is 11.2 Å². The number of aromatic nitrogens is 4. The van der Waals surface area contributed by atoms with E-state index in [1.54, 1.807) is 4.90 Å². The molecule has 0 saturated carbocycles. The highest BCUT2D eigenvalue weighted by Crippen LogP contribution is 2.23. The van der Waals surface area contributed by atoms with Crippen LogP contribution in [0.15, 0.2) is 9.59 Å². The van der Waals surface area contributed by atoms with Crippen LogP contribution in [0, 0.1) is 0 Å². The molecular weight excluding hydrogens is 340 g/mol. The first kappa shape index (κ1) is 17.5. The predicted molar refractivity (Wildman–Crippen MR) is 92.3 cm³/mol. The molecule has 8 nitrogen and oxygen atoms in total. The van der Waals surface area contributed by atoms with Crippen LogP contribution >= 0.6 is 23.1 Å². The molecule has 0 bridgehead atoms. The molecule has 2 aromatic rings. The largest absolute Gasteiger partial charge is 0.383 e. The summed E-state index contributed by atoms with van der Waals surface area (Å²) >= 11 is 7.11. The highest BCUT2D eigenvalue weighted by molar-refractivity contribution is 7.10. The molecule has 2 heterocycles. The van der Waals surface area contributed by atoms with Crippen LogP contribution < -0.4 is 21.9 Å². The number of rotatable bonds is 7. The highest BCUT2D eigenvalue weighted by Gasteiger charge is 2.20. The summed E-state index contributed by atoms with van der Waals surface area (Å²) in [5.74, 6) is 0.161. The van der Waals surface area contributed by atoms with Crippen molar-refractivity contribution in [2.45, 2.75) is 39.8 Å². The van der Waals surface area contributed by atoms with Crippen LogP contribution in [0.5, 0.6) is 0 Å². The van der Waals surface area contributed by atoms with Crippen molar-refractivity contribution >= 4 is 34.6 Å². The second-order valence-electron chi connectivity index (χ2n) is 5.01. The molecule has 23 heavy (non-hydrogen) atoms. The Morgan fingerprint density at radius 1 is 1.39 bits per heavy atom. The third kappa shape index (κ3) is 3.73. The van der Waals surface area contributed by atoms with Crippen molar-refractivity contribution in [3.8, 4) is 0 Å². The molecule has 0 atom stereocenters. The lowest BCUT2D eigenvalue weighted by atomic mass is 10.3. The molecule has 0 fully saturated rings. The standard InChI is InChI=1S/C13H19ClN6O2S/c1-3-5-6-20-11(15)9(12(21)16-13(20)22)19(4-2)7-8-10(14)23-18-17-8/h3-7,15H2,1-2H3,(H,16,21,22). The lowest BCUT2D eigenvalue weighted by Gasteiger charge is -2.24. The van der Waals surface area contributed by atoms with Crippen molar-refractivity contribution in [1.82, 2.24) is 19.1 Å². The molecular formula is C13H19ClN6O2S. The summed E-state index contributed by atoms with van der Waals surface area (Å²) in [7, 11) is 0. The fourth-order valence-electron chi connectivity index (χ4n) is 2.24. The Hall–Kier alpha value is -1.87. The van der Waals surface area contributed by atoms with Gasteiger partial charge in [-0.2, -0.15) is 0 Å². The van der Waals surface area contributed by atoms with Crippen molar-refractivity contribution in [3.05, 3.63) is 30.9 Å². The number of hydrogen-bond acceptors (Lipinski definition) is 7. The average molecular weight is 359 g/mol. The lowest BCUT2D eigenvalue weighted by molar-refractivity contribution is 0.602. The van der Waals surface area contributed by atoms with Crippen LogP contribution in [0.3, 0.4) is 0 Å². The Balaban J connectivity index is 2.45. The average Bonchev–Trinajstić information content (AvgIpc) is 2.91. The van der Waals surface area contributed by atoms with E-state index in [0.717, 1.165) is 24.4 Å². The van der Waals surface area contributed by atoms with Crippen LogP contribution in [-0.2, 0) is 13.1 Å². The van der Waals surface area contributed by atoms with Crippen LogP contribution in [0.2, 0.25) is 4.34 Å². The number of halogens is 1. The summed E-state index contributed by atoms with van der Waals surface area (Å²) in [6.45, 7) is 5.16. The molecule has 10 heteroatoms. The van der Waals surface area contributed by atoms with E-state index >= 15 is 0 Å². The van der Waals surface area contributed by atoms with Gasteiger partial charge in [0.1, 0.15) is 21.5 Å². The van der Waals surface area contributed by atoms with Crippen molar-refractivity contribution in [2.24, 2.45) is 0 Å². The minimum atomic E-state index is -0.513. The molecule has 0 aliphatic heterocycles. The van der Waals surface area contributed by atoms with Crippen molar-refractivity contribution < 1.29 is 0 Å². The number of aromatic amines is 1. The Bertz CT molecular complexity index is 784. The molecule has 126 valence electrons. The minimum absolute atomic E-state index is 0.161. The van der Waals surface area contributed by atoms with E-state index in [1.165, 1.54) is 4.57 Å². The fraction of sp³-hybridized carbons (Fsp3) is 0.538. The van der Waals surface area contributed by atoms with Gasteiger partial charge in [0.2, 0.25) is 0 Å². The first-order valence-corrected chi connectivity index (χ1v) is 8.48. The Kier molecular flexibility index (Phi) is 5.78. The zero-order valence-electron chi connectivity index (χ0n) is 13.0. The molecule has 0 aromatic carbocycles. The fourth-order valence-corrected chi connectivity index (χ4v) is 2.85. The zero-order chi connectivity index (χ0) is 17.0. The van der Waals surface area contributed by atoms with Gasteiger partial charge in [0.05, 0.1) is 6.54 Å². The van der Waals surface area contributed by atoms with E-state index in [4.69, 9.17) is 17.3 Å². The van der Waals surface area contributed by atoms with Gasteiger partial charge in [-0.25, -0.2) is 4.79 Å². The molecule has 3 N–H and O–H groups in total. The van der Waals surface area contributed by atoms with E-state index in [2.05, 4.69) is 14.6 Å². The van der Waals surface area contributed by atoms with Crippen LogP contribution in [0.1, 0.15) is 32.4 Å². The number of nitrogen functional groups attached to an aromatic ring is 1. The molecule has 0 aliphatic carbocycles. The van der Waals surface area contributed by atoms with Gasteiger partial charge >= 0.3 is 5.69 Å². The second kappa shape index (κ2) is 7.60. The molecule has 0 radical (unpaired) electrons. The number of H-pyrrole nitrogens is 1. The maximum Gasteiger partial charge on any atom is 0.330 e. The normalized spacial score (nSPS) is 10.9. The van der Waals surface area contributed by atoms with Gasteiger partial charge in [0.15, 0.2) is 0 Å². The lowest BCUT2D eigenvalue weighted by Crippen LogP contribution is -2.38. The molecule has 0 spiro atoms. The van der Waals surface area contributed by atoms with Gasteiger partial charge in [-0.1, -0.05) is 29.4 Å². The monoisotopic (exact) mass is 358 g/mol. The smallest absolute Gasteiger partial charge is 0.330 e. The first-order valence-electron chi connectivity index (χ1n) is 7.33. The maximum absolute atomic E-state index is 12.2. The maximum atomic E-state index is 12.2. The van der Waals surface area contributed by atoms with Crippen LogP contribution in [0.25, 0.3) is 0 Å². The van der Waals surface area contributed by atoms with Gasteiger partial charge in [-0.15, -0.1) is 5.10 Å². The van der Waals surface area contributed by atoms with Gasteiger partial charge in [-0.3, -0.25) is 14.3 Å². The zero-order valence-corrected chi connectivity index (χ0v) is 14.6. The van der Waals surface area contributed by atoms with E-state index in [1.807, 2.05) is 13.8 Å². The van der Waals surface area contributed by atoms with E-state index in [9.17, 15) is 9.59 Å². The third-order valence-electron chi connectivity index (χ3n) is 3.50. The summed E-state index contributed by atoms with van der Waals surface area (Å²) in [5, 5.41) is 3.95. The molecule has 0 unspecified atom stereocenters. The van der Waals surface area contributed by atoms with Crippen molar-refractivity contribution in [2.75, 3.05) is 17.2 Å². The number of nitrogens with one attached hydrogen (secondary N) is 1. The second-order valence-corrected chi connectivity index (χ2v) is 6.36. The van der Waals surface area contributed by atoms with Crippen molar-refractivity contribution in [3.63, 3.8) is 0 Å². The van der Waals surface area contributed by atoms with Crippen LogP contribution in [0.4, 0.5) is 11.5 Å². The quantitative estimate of drug-likeness (QED) is 0.775. The van der Waals surface area contributed by atoms with E-state index in [0.29, 0.717) is 29.7 Å². The topological polar surface area (TPSA) is 110 Å². The number of anilines is 2. The number of nitrogens with zero attached hydrogens (tertiary/aromatic N) is 4. The van der Waals surface area contributed by atoms with Gasteiger partial charge < -0.3 is 10.6 Å². The van der Waals surface area contributed by atoms with Crippen molar-refractivity contribution in [1.29, 1.82) is 0 Å². The van der Waals surface area contributed by atoms with Gasteiger partial charge in [-0.05, 0) is 13.3 Å². The van der Waals surface area contributed by atoms with E-state index in [-0.39, 0.29) is 11.5 Å². The third-order valence-corrected chi connectivity index (χ3v) is 4.48.